The minimum absolute atomic E-state index is 0.104. The highest BCUT2D eigenvalue weighted by Gasteiger charge is 2.46. The average molecular weight is 620 g/mol. The zero-order chi connectivity index (χ0) is 30.0. The number of hydrogen-bond donors (Lipinski definition) is 1. The number of rotatable bonds is 7. The van der Waals surface area contributed by atoms with Crippen LogP contribution in [0.15, 0.2) is 24.4 Å². The fourth-order valence-corrected chi connectivity index (χ4v) is 7.77. The van der Waals surface area contributed by atoms with Gasteiger partial charge in [0.2, 0.25) is 5.88 Å². The monoisotopic (exact) mass is 619 g/mol. The molecule has 3 aromatic heterocycles. The van der Waals surface area contributed by atoms with Crippen molar-refractivity contribution in [3.8, 4) is 23.1 Å². The van der Waals surface area contributed by atoms with Crippen LogP contribution in [0.3, 0.4) is 0 Å². The van der Waals surface area contributed by atoms with Crippen LogP contribution in [-0.4, -0.2) is 88.7 Å². The molecule has 12 heteroatoms. The van der Waals surface area contributed by atoms with Crippen LogP contribution in [-0.2, 0) is 4.74 Å². The summed E-state index contributed by atoms with van der Waals surface area (Å²) in [7, 11) is 1.54. The van der Waals surface area contributed by atoms with Crippen molar-refractivity contribution in [2.75, 3.05) is 58.0 Å². The summed E-state index contributed by atoms with van der Waals surface area (Å²) in [5.41, 5.74) is 3.54. The molecular weight excluding hydrogens is 585 g/mol. The summed E-state index contributed by atoms with van der Waals surface area (Å²) in [5, 5.41) is 8.95. The Bertz CT molecular complexity index is 1790. The van der Waals surface area contributed by atoms with E-state index in [0.29, 0.717) is 60.2 Å². The van der Waals surface area contributed by atoms with Crippen LogP contribution >= 0.6 is 11.6 Å². The molecule has 1 aromatic carbocycles. The van der Waals surface area contributed by atoms with E-state index >= 15 is 4.39 Å². The van der Waals surface area contributed by atoms with Crippen molar-refractivity contribution in [1.29, 1.82) is 0 Å². The van der Waals surface area contributed by atoms with Crippen LogP contribution in [0.1, 0.15) is 50.0 Å². The highest BCUT2D eigenvalue weighted by atomic mass is 35.5. The molecule has 0 radical (unpaired) electrons. The number of aromatic amines is 1. The Morgan fingerprint density at radius 3 is 2.91 bits per heavy atom. The number of anilines is 1. The Morgan fingerprint density at radius 1 is 1.18 bits per heavy atom. The molecule has 6 heterocycles. The first kappa shape index (κ1) is 28.0. The molecule has 1 aliphatic carbocycles. The number of benzene rings is 1. The number of nitrogens with zero attached hydrogens (tertiary/aromatic N) is 6. The van der Waals surface area contributed by atoms with Crippen LogP contribution in [0.25, 0.3) is 33.1 Å². The number of hydrogen-bond acceptors (Lipinski definition) is 9. The van der Waals surface area contributed by atoms with E-state index in [1.165, 1.54) is 12.7 Å². The molecule has 4 aromatic rings. The van der Waals surface area contributed by atoms with Crippen molar-refractivity contribution in [2.24, 2.45) is 0 Å². The molecule has 1 unspecified atom stereocenters. The van der Waals surface area contributed by atoms with Gasteiger partial charge in [-0.25, -0.2) is 9.37 Å². The van der Waals surface area contributed by atoms with Crippen molar-refractivity contribution in [3.05, 3.63) is 40.8 Å². The number of nitrogens with one attached hydrogen (secondary N) is 1. The van der Waals surface area contributed by atoms with Crippen LogP contribution in [0, 0.1) is 5.82 Å². The molecule has 3 saturated heterocycles. The van der Waals surface area contributed by atoms with E-state index in [4.69, 9.17) is 40.8 Å². The normalized spacial score (nSPS) is 22.6. The number of pyridine rings is 1. The van der Waals surface area contributed by atoms with Gasteiger partial charge in [0.05, 0.1) is 31.0 Å². The quantitative estimate of drug-likeness (QED) is 0.263. The summed E-state index contributed by atoms with van der Waals surface area (Å²) in [4.78, 5) is 19.0. The lowest BCUT2D eigenvalue weighted by Gasteiger charge is -2.31. The second-order valence-electron chi connectivity index (χ2n) is 12.5. The van der Waals surface area contributed by atoms with Gasteiger partial charge < -0.3 is 19.1 Å². The lowest BCUT2D eigenvalue weighted by atomic mass is 9.94. The van der Waals surface area contributed by atoms with Crippen molar-refractivity contribution in [3.63, 3.8) is 0 Å². The van der Waals surface area contributed by atoms with Gasteiger partial charge in [-0.15, -0.1) is 0 Å². The van der Waals surface area contributed by atoms with Crippen LogP contribution in [0.4, 0.5) is 10.2 Å². The maximum Gasteiger partial charge on any atom is 0.319 e. The summed E-state index contributed by atoms with van der Waals surface area (Å²) in [5.74, 6) is 0.436. The third-order valence-electron chi connectivity index (χ3n) is 9.59. The molecule has 0 spiro atoms. The van der Waals surface area contributed by atoms with Crippen molar-refractivity contribution < 1.29 is 18.6 Å². The third kappa shape index (κ3) is 4.59. The second-order valence-corrected chi connectivity index (χ2v) is 12.9. The van der Waals surface area contributed by atoms with E-state index in [9.17, 15) is 0 Å². The van der Waals surface area contributed by atoms with Crippen LogP contribution in [0.5, 0.6) is 11.9 Å². The van der Waals surface area contributed by atoms with Gasteiger partial charge >= 0.3 is 6.01 Å². The Kier molecular flexibility index (Phi) is 6.88. The Balaban J connectivity index is 1.32. The lowest BCUT2D eigenvalue weighted by Crippen LogP contribution is -2.43. The molecule has 3 aliphatic heterocycles. The number of H-pyrrole nitrogens is 1. The fourth-order valence-electron chi connectivity index (χ4n) is 7.41. The van der Waals surface area contributed by atoms with E-state index in [0.717, 1.165) is 62.6 Å². The molecule has 0 amide bonds. The molecule has 4 fully saturated rings. The largest absolute Gasteiger partial charge is 0.480 e. The van der Waals surface area contributed by atoms with E-state index in [-0.39, 0.29) is 34.6 Å². The SMILES string of the molecule is C=C1CN2CCCC2(COc2nc(N3CCCOCC3)c3c(OC)nc(-c4c(C5CC5)c(Cl)cc5[nH]ncc45)c(F)c3n2)C1. The molecule has 4 aliphatic rings. The minimum atomic E-state index is -0.568. The van der Waals surface area contributed by atoms with Crippen LogP contribution in [0.2, 0.25) is 5.02 Å². The van der Waals surface area contributed by atoms with Crippen molar-refractivity contribution >= 4 is 39.2 Å². The summed E-state index contributed by atoms with van der Waals surface area (Å²) in [6.45, 7) is 9.01. The van der Waals surface area contributed by atoms with Gasteiger partial charge in [-0.1, -0.05) is 23.8 Å². The number of halogens is 2. The lowest BCUT2D eigenvalue weighted by molar-refractivity contribution is 0.108. The topological polar surface area (TPSA) is 102 Å². The van der Waals surface area contributed by atoms with E-state index < -0.39 is 5.82 Å². The molecule has 8 rings (SSSR count). The van der Waals surface area contributed by atoms with Crippen LogP contribution < -0.4 is 14.4 Å². The summed E-state index contributed by atoms with van der Waals surface area (Å²) < 4.78 is 35.1. The zero-order valence-electron chi connectivity index (χ0n) is 24.8. The van der Waals surface area contributed by atoms with Crippen molar-refractivity contribution in [2.45, 2.75) is 50.0 Å². The second kappa shape index (κ2) is 10.8. The molecule has 0 bridgehead atoms. The standard InChI is InChI=1S/C32H35ClFN7O3/c1-18-14-32(7-3-9-41(32)16-18)17-44-31-37-28-25(29(38-31)40-8-4-11-43-12-10-40)30(42-2)36-27(26(28)34)24-20-15-35-39-22(20)13-21(33)23(24)19-5-6-19/h13,15,19H,1,3-12,14,16-17H2,2H3,(H,35,39). The smallest absolute Gasteiger partial charge is 0.319 e. The maximum atomic E-state index is 17.1. The third-order valence-corrected chi connectivity index (χ3v) is 9.90. The predicted octanol–water partition coefficient (Wildman–Crippen LogP) is 5.65. The average Bonchev–Trinajstić information content (AvgIpc) is 3.61. The minimum Gasteiger partial charge on any atom is -0.480 e. The molecule has 44 heavy (non-hydrogen) atoms. The molecule has 1 N–H and O–H groups in total. The van der Waals surface area contributed by atoms with Gasteiger partial charge in [-0.05, 0) is 62.6 Å². The fraction of sp³-hybridized carbons (Fsp3) is 0.500. The van der Waals surface area contributed by atoms with Gasteiger partial charge in [0.1, 0.15) is 29.0 Å². The summed E-state index contributed by atoms with van der Waals surface area (Å²) >= 11 is 6.82. The molecular formula is C32H35ClFN7O3. The van der Waals surface area contributed by atoms with E-state index in [1.807, 2.05) is 6.07 Å². The van der Waals surface area contributed by atoms with Gasteiger partial charge in [-0.2, -0.15) is 15.1 Å². The van der Waals surface area contributed by atoms with Gasteiger partial charge in [0, 0.05) is 42.2 Å². The van der Waals surface area contributed by atoms with Gasteiger partial charge in [0.25, 0.3) is 0 Å². The highest BCUT2D eigenvalue weighted by Crippen LogP contribution is 2.51. The Morgan fingerprint density at radius 2 is 2.07 bits per heavy atom. The zero-order valence-corrected chi connectivity index (χ0v) is 25.6. The first-order valence-corrected chi connectivity index (χ1v) is 15.8. The Labute approximate surface area is 259 Å². The van der Waals surface area contributed by atoms with Crippen molar-refractivity contribution in [1.82, 2.24) is 30.0 Å². The van der Waals surface area contributed by atoms with Gasteiger partial charge in [0.15, 0.2) is 5.82 Å². The number of methoxy groups -OCH3 is 1. The molecule has 1 saturated carbocycles. The Hall–Kier alpha value is -3.54. The first-order chi connectivity index (χ1) is 21.5. The number of ether oxygens (including phenoxy) is 3. The maximum absolute atomic E-state index is 17.1. The first-order valence-electron chi connectivity index (χ1n) is 15.4. The molecule has 10 nitrogen and oxygen atoms in total. The number of aromatic nitrogens is 5. The number of fused-ring (bicyclic) bond motifs is 3. The summed E-state index contributed by atoms with van der Waals surface area (Å²) in [6, 6.07) is 1.99. The summed E-state index contributed by atoms with van der Waals surface area (Å²) in [6.07, 6.45) is 7.48. The molecule has 1 atom stereocenters. The predicted molar refractivity (Wildman–Crippen MR) is 166 cm³/mol. The highest BCUT2D eigenvalue weighted by molar-refractivity contribution is 6.33. The molecule has 230 valence electrons. The van der Waals surface area contributed by atoms with E-state index in [1.54, 1.807) is 6.20 Å². The van der Waals surface area contributed by atoms with Gasteiger partial charge in [-0.3, -0.25) is 10.00 Å². The van der Waals surface area contributed by atoms with E-state index in [2.05, 4.69) is 26.6 Å².